The van der Waals surface area contributed by atoms with E-state index >= 15 is 0 Å². The average molecular weight is 2080 g/mol. The fourth-order valence-corrected chi connectivity index (χ4v) is 18.5. The van der Waals surface area contributed by atoms with Gasteiger partial charge in [-0.05, 0) is 190 Å². The van der Waals surface area contributed by atoms with Crippen LogP contribution in [0.1, 0.15) is 148 Å². The Hall–Kier alpha value is -14.5. The number of rotatable bonds is 32. The van der Waals surface area contributed by atoms with Crippen molar-refractivity contribution in [2.75, 3.05) is 33.0 Å². The maximum atomic E-state index is 13.5. The van der Waals surface area contributed by atoms with E-state index in [1.54, 1.807) is 84.3 Å². The molecule has 0 atom stereocenters. The number of pyridine rings is 5. The first kappa shape index (κ1) is 112. The highest BCUT2D eigenvalue weighted by Crippen LogP contribution is 2.37. The third-order valence-electron chi connectivity index (χ3n) is 26.2. The second-order valence-electron chi connectivity index (χ2n) is 38.2. The minimum atomic E-state index is -0.451. The molecule has 5 N–H and O–H groups in total. The maximum Gasteiger partial charge on any atom is 0.331 e. The van der Waals surface area contributed by atoms with Gasteiger partial charge in [0.05, 0.1) is 108 Å². The Balaban J connectivity index is 0.000000156. The molecule has 0 bridgehead atoms. The molecule has 0 saturated carbocycles. The van der Waals surface area contributed by atoms with Crippen LogP contribution >= 0.6 is 34.8 Å². The molecule has 778 valence electrons. The number of fused-ring (bicyclic) bond motifs is 5. The van der Waals surface area contributed by atoms with Crippen molar-refractivity contribution in [3.8, 4) is 56.7 Å². The first-order valence-corrected chi connectivity index (χ1v) is 50.9. The minimum absolute atomic E-state index is 0.0706. The van der Waals surface area contributed by atoms with Crippen molar-refractivity contribution < 1.29 is 30.3 Å². The van der Waals surface area contributed by atoms with E-state index in [9.17, 15) is 63.3 Å². The van der Waals surface area contributed by atoms with Gasteiger partial charge in [0.1, 0.15) is 5.75 Å². The van der Waals surface area contributed by atoms with Gasteiger partial charge in [-0.3, -0.25) is 89.6 Å². The number of aryl methyl sites for hydroxylation is 10. The van der Waals surface area contributed by atoms with Crippen molar-refractivity contribution in [2.45, 2.75) is 172 Å². The Bertz CT molecular complexity index is 8410. The molecular weight excluding hydrogens is 1950 g/mol. The molecule has 34 heteroatoms. The molecular formula is C115H126Cl3N15O16. The van der Waals surface area contributed by atoms with Crippen LogP contribution in [0, 0.1) is 32.6 Å². The molecule has 0 unspecified atom stereocenters. The van der Waals surface area contributed by atoms with Gasteiger partial charge in [0.25, 0.3) is 27.8 Å². The van der Waals surface area contributed by atoms with E-state index in [1.807, 2.05) is 166 Å². The fraction of sp³-hybridized carbons (Fsp3) is 0.330. The second kappa shape index (κ2) is 50.9. The summed E-state index contributed by atoms with van der Waals surface area (Å²) in [5.41, 5.74) is 14.7. The number of aliphatic hydroxyl groups excluding tert-OH is 5. The van der Waals surface area contributed by atoms with Crippen LogP contribution in [0.2, 0.25) is 15.1 Å². The van der Waals surface area contributed by atoms with Crippen LogP contribution in [0.15, 0.2) is 255 Å². The van der Waals surface area contributed by atoms with Crippen molar-refractivity contribution in [2.24, 2.45) is 47.1 Å². The number of ether oxygens (including phenoxy) is 1. The van der Waals surface area contributed by atoms with Gasteiger partial charge >= 0.3 is 28.4 Å². The maximum absolute atomic E-state index is 13.5. The molecule has 0 aliphatic rings. The summed E-state index contributed by atoms with van der Waals surface area (Å²) in [6.07, 6.45) is 13.5. The number of benzene rings is 7. The van der Waals surface area contributed by atoms with E-state index in [1.165, 1.54) is 47.3 Å². The van der Waals surface area contributed by atoms with E-state index in [-0.39, 0.29) is 93.7 Å². The van der Waals surface area contributed by atoms with Crippen LogP contribution in [-0.4, -0.2) is 129 Å². The summed E-state index contributed by atoms with van der Waals surface area (Å²) in [5.74, 6) is 2.14. The van der Waals surface area contributed by atoms with Gasteiger partial charge in [-0.15, -0.1) is 0 Å². The van der Waals surface area contributed by atoms with Crippen LogP contribution in [-0.2, 0) is 93.6 Å². The smallest absolute Gasteiger partial charge is 0.331 e. The molecule has 0 spiro atoms. The Kier molecular flexibility index (Phi) is 38.2. The lowest BCUT2D eigenvalue weighted by Gasteiger charge is -2.17. The van der Waals surface area contributed by atoms with Crippen LogP contribution in [0.3, 0.4) is 0 Å². The molecule has 17 rings (SSSR count). The van der Waals surface area contributed by atoms with Gasteiger partial charge in [-0.2, -0.15) is 0 Å². The van der Waals surface area contributed by atoms with Crippen LogP contribution in [0.4, 0.5) is 0 Å². The first-order valence-electron chi connectivity index (χ1n) is 49.8. The van der Waals surface area contributed by atoms with Crippen LogP contribution < -0.4 is 61.0 Å². The molecule has 0 saturated heterocycles. The molecule has 17 aromatic rings. The number of aromatic nitrogens is 15. The van der Waals surface area contributed by atoms with Gasteiger partial charge in [0, 0.05) is 157 Å². The monoisotopic (exact) mass is 2080 g/mol. The Labute approximate surface area is 874 Å². The van der Waals surface area contributed by atoms with Gasteiger partial charge < -0.3 is 30.3 Å². The van der Waals surface area contributed by atoms with Gasteiger partial charge in [0.15, 0.2) is 0 Å². The summed E-state index contributed by atoms with van der Waals surface area (Å²) in [6.45, 7) is 19.2. The van der Waals surface area contributed by atoms with E-state index in [0.717, 1.165) is 95.4 Å². The summed E-state index contributed by atoms with van der Waals surface area (Å²) in [4.78, 5) is 153. The normalized spacial score (nSPS) is 11.4. The number of hydrogen-bond acceptors (Lipinski definition) is 21. The zero-order valence-corrected chi connectivity index (χ0v) is 88.5. The Morgan fingerprint density at radius 1 is 0.329 bits per heavy atom. The van der Waals surface area contributed by atoms with Crippen molar-refractivity contribution >= 4 is 89.3 Å². The predicted molar refractivity (Wildman–Crippen MR) is 591 cm³/mol. The summed E-state index contributed by atoms with van der Waals surface area (Å²) >= 11 is 18.3. The molecule has 0 amide bonds. The van der Waals surface area contributed by atoms with Crippen molar-refractivity contribution in [3.05, 3.63) is 382 Å². The molecule has 0 fully saturated rings. The van der Waals surface area contributed by atoms with Crippen molar-refractivity contribution in [3.63, 3.8) is 0 Å². The quantitative estimate of drug-likeness (QED) is 0.0261. The molecule has 149 heavy (non-hydrogen) atoms. The number of hydrogen-bond donors (Lipinski definition) is 5. The van der Waals surface area contributed by atoms with E-state index in [0.29, 0.717) is 179 Å². The lowest BCUT2D eigenvalue weighted by Crippen LogP contribution is -2.39. The van der Waals surface area contributed by atoms with E-state index in [4.69, 9.17) is 49.8 Å². The van der Waals surface area contributed by atoms with Gasteiger partial charge in [0.2, 0.25) is 5.88 Å². The zero-order chi connectivity index (χ0) is 107. The van der Waals surface area contributed by atoms with E-state index < -0.39 is 28.3 Å². The summed E-state index contributed by atoms with van der Waals surface area (Å²) < 4.78 is 19.3. The SMILES string of the molecule is CC(C)CCc1c(-c2cccc(Cl)c2)ncc2c1c(=O)n(CCCO)c(=O)n2C.CC(C)c1ccccc1-c1cc2c(=O)n(CCCO)c(=O)n(C)c2cn1.Cc1ccc(-c2ncc3c(c2CCC(C)C)c(=O)n(CCCO)c(=O)n3C)cc1.Cc1ccc(-c2ncc3c(c2Cc2ccc(Cl)cc2)c(=O)n(CCCO)c(=O)n3C)cc1.Cc1cccc(Oc2ncc3c(c2Cc2ccc(Cl)cc2)c(=O)n(CCCO)c(=O)n3C)c1. The lowest BCUT2D eigenvalue weighted by atomic mass is 9.95. The predicted octanol–water partition coefficient (Wildman–Crippen LogP) is 16.2. The third-order valence-corrected chi connectivity index (χ3v) is 27.0. The molecule has 10 heterocycles. The summed E-state index contributed by atoms with van der Waals surface area (Å²) in [6, 6.07) is 55.6. The fourth-order valence-electron chi connectivity index (χ4n) is 18.0. The number of nitrogens with zero attached hydrogens (tertiary/aromatic N) is 15. The summed E-state index contributed by atoms with van der Waals surface area (Å²) in [7, 11) is 8.18. The standard InChI is InChI=1S/C25H24ClN3O4.C25H24ClN3O3.C23H29N3O3.C22H26ClN3O3.C20H23N3O3/c1-16-5-3-6-19(13-16)33-23-20(14-17-7-9-18(26)10-8-17)22-21(15-27-23)28(2)25(32)29(24(22)31)11-4-12-30;1-16-4-8-18(9-5-16)23-20(14-17-6-10-19(26)11-7-17)22-21(15-27-23)28(2)25(32)29(24(22)31)12-3-13-30;1-15(2)6-11-18-20-19(14-24-21(18)17-9-7-16(3)8-10-17)25(4)23(29)26(22(20)28)12-5-13-27;1-14(2)8-9-17-19-18(13-24-20(17)15-6-4-7-16(23)12-15)25(3)22(29)26(21(19)28)10-5-11-27;1-13(2)14-7-4-5-8-15(14)17-11-16-18(12-21-17)22(3)20(26)23(19(16)25)9-6-10-24/h3,5-10,13,15,30H,4,11-12,14H2,1-2H3;4-11,15,30H,3,12-14H2,1-2H3;7-10,14-15,27H,5-6,11-13H2,1-4H3;4,6-7,12-14,27H,5,8-11H2,1-3H3;4-5,7-8,11-13,24H,6,9-10H2,1-3H3. The largest absolute Gasteiger partial charge is 0.439 e. The first-order chi connectivity index (χ1) is 71.4. The van der Waals surface area contributed by atoms with Crippen LogP contribution in [0.25, 0.3) is 99.5 Å². The Morgan fingerprint density at radius 2 is 0.685 bits per heavy atom. The third kappa shape index (κ3) is 25.7. The topological polar surface area (TPSA) is 395 Å². The minimum Gasteiger partial charge on any atom is -0.439 e. The molecule has 7 aromatic carbocycles. The molecule has 31 nitrogen and oxygen atoms in total. The average Bonchev–Trinajstić information content (AvgIpc) is 0.758. The highest BCUT2D eigenvalue weighted by molar-refractivity contribution is 6.31. The lowest BCUT2D eigenvalue weighted by molar-refractivity contribution is 0.277. The molecule has 0 aliphatic heterocycles. The van der Waals surface area contributed by atoms with Crippen molar-refractivity contribution in [1.82, 2.24) is 70.6 Å². The number of halogens is 3. The zero-order valence-electron chi connectivity index (χ0n) is 86.3. The van der Waals surface area contributed by atoms with Crippen LogP contribution in [0.5, 0.6) is 11.6 Å². The number of aliphatic hydroxyl groups is 5. The van der Waals surface area contributed by atoms with E-state index in [2.05, 4.69) is 72.5 Å². The summed E-state index contributed by atoms with van der Waals surface area (Å²) in [5, 5.41) is 50.0. The van der Waals surface area contributed by atoms with Gasteiger partial charge in [-0.25, -0.2) is 29.0 Å². The highest BCUT2D eigenvalue weighted by atomic mass is 35.5. The van der Waals surface area contributed by atoms with Gasteiger partial charge in [-0.1, -0.05) is 209 Å². The second-order valence-corrected chi connectivity index (χ2v) is 39.5. The molecule has 0 aliphatic carbocycles. The van der Waals surface area contributed by atoms with Crippen molar-refractivity contribution in [1.29, 1.82) is 0 Å². The highest BCUT2D eigenvalue weighted by Gasteiger charge is 2.27. The molecule has 0 radical (unpaired) electrons. The Morgan fingerprint density at radius 3 is 1.08 bits per heavy atom. The molecule has 10 aromatic heterocycles.